The van der Waals surface area contributed by atoms with Crippen molar-refractivity contribution in [2.75, 3.05) is 11.4 Å². The number of piperidine rings is 1. The van der Waals surface area contributed by atoms with Gasteiger partial charge in [0.2, 0.25) is 0 Å². The number of hydrogen-bond acceptors (Lipinski definition) is 5. The molecule has 1 atom stereocenters. The minimum Gasteiger partial charge on any atom is -0.478 e. The molecule has 0 radical (unpaired) electrons. The number of carbonyl (C=O) groups excluding carboxylic acids is 2. The molecule has 0 spiro atoms. The van der Waals surface area contributed by atoms with E-state index in [1.165, 1.54) is 11.8 Å². The van der Waals surface area contributed by atoms with Crippen LogP contribution >= 0.6 is 92.6 Å². The molecule has 28 heavy (non-hydrogen) atoms. The first-order valence-corrected chi connectivity index (χ1v) is 10.5. The molecule has 1 aromatic carbocycles. The Hall–Kier alpha value is -0.130. The Morgan fingerprint density at radius 1 is 1.00 bits per heavy atom. The van der Waals surface area contributed by atoms with Gasteiger partial charge in [0.25, 0.3) is 5.91 Å². The zero-order valence-corrected chi connectivity index (χ0v) is 22.1. The highest BCUT2D eigenvalue weighted by molar-refractivity contribution is 14.1. The average Bonchev–Trinajstić information content (AvgIpc) is 2.49. The van der Waals surface area contributed by atoms with Gasteiger partial charge in [0.15, 0.2) is 6.10 Å². The van der Waals surface area contributed by atoms with Gasteiger partial charge in [-0.2, -0.15) is 0 Å². The molecule has 1 unspecified atom stereocenters. The number of nitrogens with zero attached hydrogens (tertiary/aromatic N) is 1. The number of rotatable bonds is 4. The summed E-state index contributed by atoms with van der Waals surface area (Å²) < 4.78 is 5.68. The molecular weight excluding hydrogens is 758 g/mol. The summed E-state index contributed by atoms with van der Waals surface area (Å²) in [4.78, 5) is 48.6. The maximum absolute atomic E-state index is 12.8. The second-order valence-corrected chi connectivity index (χ2v) is 8.62. The van der Waals surface area contributed by atoms with Crippen LogP contribution in [0.4, 0.5) is 5.69 Å². The summed E-state index contributed by atoms with van der Waals surface area (Å²) in [5.41, 5.74) is -0.105. The lowest BCUT2D eigenvalue weighted by Crippen LogP contribution is -2.47. The van der Waals surface area contributed by atoms with Gasteiger partial charge in [-0.05, 0) is 80.6 Å². The van der Waals surface area contributed by atoms with Gasteiger partial charge in [0.1, 0.15) is 0 Å². The second-order valence-electron chi connectivity index (χ2n) is 5.38. The van der Waals surface area contributed by atoms with Crippen LogP contribution in [0.3, 0.4) is 0 Å². The Labute approximate surface area is 213 Å². The van der Waals surface area contributed by atoms with Crippen molar-refractivity contribution < 1.29 is 34.1 Å². The minimum absolute atomic E-state index is 0. The van der Waals surface area contributed by atoms with E-state index in [0.717, 1.165) is 0 Å². The van der Waals surface area contributed by atoms with Crippen LogP contribution in [-0.4, -0.2) is 46.7 Å². The number of aromatic carboxylic acids is 2. The maximum atomic E-state index is 12.8. The summed E-state index contributed by atoms with van der Waals surface area (Å²) in [6, 6.07) is 0. The zero-order chi connectivity index (χ0) is 19.8. The first kappa shape index (κ1) is 27.9. The maximum Gasteiger partial charge on any atom is 0.337 e. The summed E-state index contributed by atoms with van der Waals surface area (Å²) in [5.74, 6) is -3.63. The topological polar surface area (TPSA) is 121 Å². The number of ether oxygens (including phenoxy) is 1. The minimum atomic E-state index is -1.28. The largest absolute Gasteiger partial charge is 0.478 e. The third-order valence-electron chi connectivity index (χ3n) is 3.69. The van der Waals surface area contributed by atoms with Crippen molar-refractivity contribution in [3.8, 4) is 0 Å². The molecule has 2 rings (SSSR count). The van der Waals surface area contributed by atoms with Gasteiger partial charge < -0.3 is 19.8 Å². The number of carboxylic acid groups (broad SMARTS) is 2. The van der Waals surface area contributed by atoms with E-state index in [-0.39, 0.29) is 58.9 Å². The normalized spacial score (nSPS) is 15.9. The first-order valence-electron chi connectivity index (χ1n) is 7.23. The van der Waals surface area contributed by atoms with E-state index < -0.39 is 29.9 Å². The fourth-order valence-electron chi connectivity index (χ4n) is 2.64. The molecule has 1 heterocycles. The van der Waals surface area contributed by atoms with E-state index in [0.29, 0.717) is 12.8 Å². The molecule has 1 amide bonds. The monoisotopic (exact) mass is 771 g/mol. The summed E-state index contributed by atoms with van der Waals surface area (Å²) in [7, 11) is 0. The fraction of sp³-hybridized carbons (Fsp3) is 0.333. The highest BCUT2D eigenvalue weighted by Gasteiger charge is 2.37. The van der Waals surface area contributed by atoms with Crippen molar-refractivity contribution in [1.29, 1.82) is 0 Å². The van der Waals surface area contributed by atoms with Crippen molar-refractivity contribution in [3.05, 3.63) is 21.8 Å². The molecule has 1 aliphatic heterocycles. The van der Waals surface area contributed by atoms with Gasteiger partial charge in [0, 0.05) is 17.0 Å². The molecule has 0 saturated carbocycles. The van der Waals surface area contributed by atoms with E-state index in [4.69, 9.17) is 4.74 Å². The predicted molar refractivity (Wildman–Crippen MR) is 130 cm³/mol. The molecule has 0 aliphatic carbocycles. The van der Waals surface area contributed by atoms with E-state index in [1.807, 2.05) is 45.2 Å². The smallest absolute Gasteiger partial charge is 0.337 e. The lowest BCUT2D eigenvalue weighted by atomic mass is 10.0. The lowest BCUT2D eigenvalue weighted by molar-refractivity contribution is -0.154. The van der Waals surface area contributed by atoms with Crippen LogP contribution in [0, 0.1) is 10.7 Å². The molecule has 1 fully saturated rings. The SMILES string of the molecule is CC(=O)OC1CCCN(c2c(I)c(C(=O)O)c(I)c(C(=O)O)c2I)C1=O.Cl.Cl. The Bertz CT molecular complexity index is 793. The summed E-state index contributed by atoms with van der Waals surface area (Å²) >= 11 is 5.31. The lowest BCUT2D eigenvalue weighted by Gasteiger charge is -2.33. The number of halogens is 5. The van der Waals surface area contributed by atoms with Crippen LogP contribution in [0.1, 0.15) is 40.5 Å². The van der Waals surface area contributed by atoms with Gasteiger partial charge in [-0.25, -0.2) is 9.59 Å². The Morgan fingerprint density at radius 3 is 1.86 bits per heavy atom. The number of esters is 1. The molecule has 2 N–H and O–H groups in total. The van der Waals surface area contributed by atoms with E-state index in [1.54, 1.807) is 22.6 Å². The quantitative estimate of drug-likeness (QED) is 0.353. The molecule has 0 aromatic heterocycles. The van der Waals surface area contributed by atoms with Crippen molar-refractivity contribution >= 4 is 122 Å². The number of carboxylic acids is 2. The molecule has 1 aromatic rings. The standard InChI is InChI=1S/C15H12I3NO7.2ClH/c1-5(20)26-6-3-2-4-19(13(6)21)12-10(17)7(14(22)23)9(16)8(11(12)18)15(24)25;;/h6H,2-4H2,1H3,(H,22,23)(H,24,25);2*1H. The third kappa shape index (κ3) is 5.51. The van der Waals surface area contributed by atoms with Crippen LogP contribution in [0.25, 0.3) is 0 Å². The van der Waals surface area contributed by atoms with E-state index >= 15 is 0 Å². The molecular formula is C15H14Cl2I3NO7. The zero-order valence-electron chi connectivity index (χ0n) is 14.0. The van der Waals surface area contributed by atoms with Crippen molar-refractivity contribution in [3.63, 3.8) is 0 Å². The van der Waals surface area contributed by atoms with Gasteiger partial charge in [-0.1, -0.05) is 0 Å². The van der Waals surface area contributed by atoms with Gasteiger partial charge in [-0.15, -0.1) is 24.8 Å². The van der Waals surface area contributed by atoms with Crippen LogP contribution in [0.5, 0.6) is 0 Å². The number of hydrogen-bond donors (Lipinski definition) is 2. The first-order chi connectivity index (χ1) is 12.1. The second kappa shape index (κ2) is 11.3. The van der Waals surface area contributed by atoms with Crippen molar-refractivity contribution in [2.24, 2.45) is 0 Å². The predicted octanol–water partition coefficient (Wildman–Crippen LogP) is 3.80. The van der Waals surface area contributed by atoms with Crippen LogP contribution in [0.2, 0.25) is 0 Å². The van der Waals surface area contributed by atoms with Gasteiger partial charge >= 0.3 is 17.9 Å². The number of amides is 1. The van der Waals surface area contributed by atoms with Crippen molar-refractivity contribution in [1.82, 2.24) is 0 Å². The van der Waals surface area contributed by atoms with Crippen LogP contribution in [-0.2, 0) is 14.3 Å². The van der Waals surface area contributed by atoms with Crippen molar-refractivity contribution in [2.45, 2.75) is 25.9 Å². The van der Waals surface area contributed by atoms with E-state index in [9.17, 15) is 29.4 Å². The molecule has 0 bridgehead atoms. The number of anilines is 1. The highest BCUT2D eigenvalue weighted by atomic mass is 127. The van der Waals surface area contributed by atoms with Gasteiger partial charge in [0.05, 0.1) is 24.0 Å². The molecule has 156 valence electrons. The molecule has 13 heteroatoms. The Balaban J connectivity index is 0.00000364. The fourth-order valence-corrected chi connectivity index (χ4v) is 7.31. The van der Waals surface area contributed by atoms with Crippen LogP contribution < -0.4 is 4.90 Å². The Morgan fingerprint density at radius 2 is 1.46 bits per heavy atom. The average molecular weight is 772 g/mol. The summed E-state index contributed by atoms with van der Waals surface area (Å²) in [6.45, 7) is 1.48. The summed E-state index contributed by atoms with van der Waals surface area (Å²) in [6.07, 6.45) is -0.0647. The molecule has 1 aliphatic rings. The number of benzene rings is 1. The van der Waals surface area contributed by atoms with Gasteiger partial charge in [-0.3, -0.25) is 9.59 Å². The molecule has 1 saturated heterocycles. The number of carbonyl (C=O) groups is 4. The Kier molecular flexibility index (Phi) is 11.3. The van der Waals surface area contributed by atoms with Crippen LogP contribution in [0.15, 0.2) is 0 Å². The van der Waals surface area contributed by atoms with E-state index in [2.05, 4.69) is 0 Å². The highest BCUT2D eigenvalue weighted by Crippen LogP contribution is 2.39. The third-order valence-corrected chi connectivity index (χ3v) is 6.87. The summed E-state index contributed by atoms with van der Waals surface area (Å²) in [5, 5.41) is 19.1. The molecule has 8 nitrogen and oxygen atoms in total.